The summed E-state index contributed by atoms with van der Waals surface area (Å²) in [5.74, 6) is 0.843. The summed E-state index contributed by atoms with van der Waals surface area (Å²) in [6.07, 6.45) is 8.72. The molecule has 1 aromatic heterocycles. The van der Waals surface area contributed by atoms with Crippen molar-refractivity contribution >= 4 is 5.95 Å². The van der Waals surface area contributed by atoms with Gasteiger partial charge in [-0.1, -0.05) is 13.3 Å². The highest BCUT2D eigenvalue weighted by molar-refractivity contribution is 5.28. The topological polar surface area (TPSA) is 32.3 Å². The van der Waals surface area contributed by atoms with E-state index in [-0.39, 0.29) is 0 Å². The standard InChI is InChI=1S/C14H24N4/c1-4-6-12-9-15-14(16-10-12)18(3)11-13-7-5-8-17(13)2/h9-10,13H,4-8,11H2,1-3H3. The molecular weight excluding hydrogens is 224 g/mol. The van der Waals surface area contributed by atoms with E-state index in [9.17, 15) is 0 Å². The first-order valence-electron chi connectivity index (χ1n) is 6.93. The van der Waals surface area contributed by atoms with Gasteiger partial charge in [0.15, 0.2) is 0 Å². The van der Waals surface area contributed by atoms with Gasteiger partial charge >= 0.3 is 0 Å². The SMILES string of the molecule is CCCc1cnc(N(C)CC2CCCN2C)nc1. The molecule has 0 radical (unpaired) electrons. The van der Waals surface area contributed by atoms with Crippen LogP contribution in [0.1, 0.15) is 31.7 Å². The van der Waals surface area contributed by atoms with Crippen LogP contribution in [0.3, 0.4) is 0 Å². The van der Waals surface area contributed by atoms with E-state index in [1.165, 1.54) is 24.9 Å². The lowest BCUT2D eigenvalue weighted by atomic mass is 10.2. The minimum atomic E-state index is 0.647. The third-order valence-electron chi connectivity index (χ3n) is 3.73. The van der Waals surface area contributed by atoms with E-state index in [2.05, 4.69) is 40.8 Å². The molecule has 0 aromatic carbocycles. The van der Waals surface area contributed by atoms with Crippen molar-refractivity contribution in [3.8, 4) is 0 Å². The van der Waals surface area contributed by atoms with Crippen LogP contribution in [0.15, 0.2) is 12.4 Å². The van der Waals surface area contributed by atoms with Gasteiger partial charge in [-0.15, -0.1) is 0 Å². The van der Waals surface area contributed by atoms with E-state index in [1.807, 2.05) is 12.4 Å². The zero-order chi connectivity index (χ0) is 13.0. The Labute approximate surface area is 110 Å². The normalized spacial score (nSPS) is 20.3. The van der Waals surface area contributed by atoms with Gasteiger partial charge < -0.3 is 9.80 Å². The summed E-state index contributed by atoms with van der Waals surface area (Å²) in [6, 6.07) is 0.647. The minimum Gasteiger partial charge on any atom is -0.342 e. The predicted octanol–water partition coefficient (Wildman–Crippen LogP) is 1.96. The second-order valence-corrected chi connectivity index (χ2v) is 5.30. The van der Waals surface area contributed by atoms with E-state index in [0.717, 1.165) is 25.3 Å². The summed E-state index contributed by atoms with van der Waals surface area (Å²) >= 11 is 0. The Hall–Kier alpha value is -1.16. The molecule has 1 atom stereocenters. The zero-order valence-electron chi connectivity index (χ0n) is 11.8. The average Bonchev–Trinajstić information content (AvgIpc) is 2.76. The number of aryl methyl sites for hydroxylation is 1. The Balaban J connectivity index is 1.93. The van der Waals surface area contributed by atoms with Crippen molar-refractivity contribution in [2.24, 2.45) is 0 Å². The number of likely N-dealkylation sites (N-methyl/N-ethyl adjacent to an activating group) is 2. The fraction of sp³-hybridized carbons (Fsp3) is 0.714. The van der Waals surface area contributed by atoms with E-state index in [1.54, 1.807) is 0 Å². The van der Waals surface area contributed by atoms with Crippen LogP contribution in [0, 0.1) is 0 Å². The van der Waals surface area contributed by atoms with Crippen LogP contribution in [-0.4, -0.2) is 48.1 Å². The quantitative estimate of drug-likeness (QED) is 0.797. The van der Waals surface area contributed by atoms with Crippen LogP contribution in [0.25, 0.3) is 0 Å². The summed E-state index contributed by atoms with van der Waals surface area (Å²) in [5.41, 5.74) is 1.23. The molecule has 18 heavy (non-hydrogen) atoms. The first-order chi connectivity index (χ1) is 8.70. The summed E-state index contributed by atoms with van der Waals surface area (Å²) in [5, 5.41) is 0. The molecule has 1 aromatic rings. The highest BCUT2D eigenvalue weighted by Gasteiger charge is 2.22. The van der Waals surface area contributed by atoms with Gasteiger partial charge in [-0.2, -0.15) is 0 Å². The average molecular weight is 248 g/mol. The predicted molar refractivity (Wildman–Crippen MR) is 74.9 cm³/mol. The second-order valence-electron chi connectivity index (χ2n) is 5.30. The minimum absolute atomic E-state index is 0.647. The highest BCUT2D eigenvalue weighted by atomic mass is 15.3. The van der Waals surface area contributed by atoms with Crippen molar-refractivity contribution in [3.05, 3.63) is 18.0 Å². The zero-order valence-corrected chi connectivity index (χ0v) is 11.8. The number of likely N-dealkylation sites (tertiary alicyclic amines) is 1. The van der Waals surface area contributed by atoms with Crippen LogP contribution in [0.4, 0.5) is 5.95 Å². The molecule has 1 fully saturated rings. The molecule has 0 aliphatic carbocycles. The van der Waals surface area contributed by atoms with Crippen molar-refractivity contribution in [2.75, 3.05) is 32.1 Å². The molecule has 2 rings (SSSR count). The number of hydrogen-bond donors (Lipinski definition) is 0. The first-order valence-corrected chi connectivity index (χ1v) is 6.93. The second kappa shape index (κ2) is 6.14. The molecule has 4 heteroatoms. The first kappa shape index (κ1) is 13.3. The van der Waals surface area contributed by atoms with Crippen LogP contribution in [0.2, 0.25) is 0 Å². The molecule has 1 aliphatic rings. The van der Waals surface area contributed by atoms with Crippen LogP contribution < -0.4 is 4.90 Å². The molecule has 0 N–H and O–H groups in total. The molecule has 1 aliphatic heterocycles. The molecule has 4 nitrogen and oxygen atoms in total. The Morgan fingerprint density at radius 3 is 2.67 bits per heavy atom. The van der Waals surface area contributed by atoms with Gasteiger partial charge in [0.25, 0.3) is 0 Å². The van der Waals surface area contributed by atoms with Crippen molar-refractivity contribution < 1.29 is 0 Å². The maximum absolute atomic E-state index is 4.46. The monoisotopic (exact) mass is 248 g/mol. The van der Waals surface area contributed by atoms with Gasteiger partial charge in [0.2, 0.25) is 5.95 Å². The molecule has 0 amide bonds. The molecule has 0 bridgehead atoms. The lowest BCUT2D eigenvalue weighted by molar-refractivity contribution is 0.313. The van der Waals surface area contributed by atoms with E-state index < -0.39 is 0 Å². The third kappa shape index (κ3) is 3.19. The number of nitrogens with zero attached hydrogens (tertiary/aromatic N) is 4. The van der Waals surface area contributed by atoms with E-state index in [4.69, 9.17) is 0 Å². The van der Waals surface area contributed by atoms with E-state index >= 15 is 0 Å². The number of aromatic nitrogens is 2. The Kier molecular flexibility index (Phi) is 4.53. The van der Waals surface area contributed by atoms with Crippen LogP contribution >= 0.6 is 0 Å². The smallest absolute Gasteiger partial charge is 0.225 e. The summed E-state index contributed by atoms with van der Waals surface area (Å²) in [6.45, 7) is 4.41. The summed E-state index contributed by atoms with van der Waals surface area (Å²) < 4.78 is 0. The number of hydrogen-bond acceptors (Lipinski definition) is 4. The molecule has 100 valence electrons. The van der Waals surface area contributed by atoms with Crippen molar-refractivity contribution in [2.45, 2.75) is 38.6 Å². The lowest BCUT2D eigenvalue weighted by Gasteiger charge is -2.25. The largest absolute Gasteiger partial charge is 0.342 e. The van der Waals surface area contributed by atoms with Crippen molar-refractivity contribution in [1.82, 2.24) is 14.9 Å². The molecule has 0 spiro atoms. The van der Waals surface area contributed by atoms with Gasteiger partial charge in [-0.3, -0.25) is 0 Å². The van der Waals surface area contributed by atoms with Gasteiger partial charge in [-0.05, 0) is 38.4 Å². The number of rotatable bonds is 5. The molecule has 2 heterocycles. The fourth-order valence-electron chi connectivity index (χ4n) is 2.57. The van der Waals surface area contributed by atoms with Gasteiger partial charge in [-0.25, -0.2) is 9.97 Å². The molecule has 0 saturated carbocycles. The summed E-state index contributed by atoms with van der Waals surface area (Å²) in [4.78, 5) is 13.5. The highest BCUT2D eigenvalue weighted by Crippen LogP contribution is 2.17. The Morgan fingerprint density at radius 2 is 2.11 bits per heavy atom. The Bertz CT molecular complexity index is 363. The van der Waals surface area contributed by atoms with Crippen LogP contribution in [-0.2, 0) is 6.42 Å². The maximum Gasteiger partial charge on any atom is 0.225 e. The lowest BCUT2D eigenvalue weighted by Crippen LogP contribution is -2.37. The van der Waals surface area contributed by atoms with E-state index in [0.29, 0.717) is 6.04 Å². The number of anilines is 1. The summed E-state index contributed by atoms with van der Waals surface area (Å²) in [7, 11) is 4.29. The van der Waals surface area contributed by atoms with Crippen molar-refractivity contribution in [3.63, 3.8) is 0 Å². The van der Waals surface area contributed by atoms with Gasteiger partial charge in [0.1, 0.15) is 0 Å². The van der Waals surface area contributed by atoms with Crippen LogP contribution in [0.5, 0.6) is 0 Å². The van der Waals surface area contributed by atoms with Gasteiger partial charge in [0.05, 0.1) is 0 Å². The van der Waals surface area contributed by atoms with Gasteiger partial charge in [0, 0.05) is 32.0 Å². The van der Waals surface area contributed by atoms with Crippen molar-refractivity contribution in [1.29, 1.82) is 0 Å². The maximum atomic E-state index is 4.46. The molecular formula is C14H24N4. The Morgan fingerprint density at radius 1 is 1.39 bits per heavy atom. The fourth-order valence-corrected chi connectivity index (χ4v) is 2.57. The third-order valence-corrected chi connectivity index (χ3v) is 3.73. The molecule has 1 saturated heterocycles. The molecule has 1 unspecified atom stereocenters.